The average Bonchev–Trinajstić information content (AvgIpc) is 2.68. The number of Topliss-reactive ketones (excluding diaryl/α,β-unsaturated/α-hetero) is 1. The van der Waals surface area contributed by atoms with E-state index >= 15 is 0 Å². The minimum atomic E-state index is -0.259. The molecule has 1 aliphatic rings. The van der Waals surface area contributed by atoms with Gasteiger partial charge in [-0.05, 0) is 16.7 Å². The molecule has 0 aromatic heterocycles. The fraction of sp³-hybridized carbons (Fsp3) is 0.125. The second-order valence-corrected chi connectivity index (χ2v) is 6.59. The second-order valence-electron chi connectivity index (χ2n) is 6.59. The van der Waals surface area contributed by atoms with Crippen LogP contribution in [-0.4, -0.2) is 5.78 Å². The Bertz CT molecular complexity index is 840. The molecule has 0 N–H and O–H groups in total. The zero-order valence-corrected chi connectivity index (χ0v) is 14.0. The third-order valence-corrected chi connectivity index (χ3v) is 5.19. The third kappa shape index (κ3) is 2.72. The largest absolute Gasteiger partial charge is 0.299 e. The molecule has 4 rings (SSSR count). The Morgan fingerprint density at radius 3 is 1.68 bits per heavy atom. The average molecular weight is 324 g/mol. The van der Waals surface area contributed by atoms with Gasteiger partial charge >= 0.3 is 0 Å². The van der Waals surface area contributed by atoms with E-state index in [1.807, 2.05) is 30.3 Å². The number of carbonyl (C=O) groups is 1. The van der Waals surface area contributed by atoms with Crippen LogP contribution in [0, 0.1) is 5.92 Å². The molecule has 0 radical (unpaired) electrons. The summed E-state index contributed by atoms with van der Waals surface area (Å²) in [6.07, 6.45) is 4.72. The zero-order valence-electron chi connectivity index (χ0n) is 14.0. The molecule has 1 heteroatoms. The summed E-state index contributed by atoms with van der Waals surface area (Å²) in [6.45, 7) is 0. The predicted octanol–water partition coefficient (Wildman–Crippen LogP) is 5.28. The first-order chi connectivity index (χ1) is 12.3. The van der Waals surface area contributed by atoms with Crippen molar-refractivity contribution in [3.8, 4) is 0 Å². The summed E-state index contributed by atoms with van der Waals surface area (Å²) in [7, 11) is 0. The molecule has 0 amide bonds. The van der Waals surface area contributed by atoms with Gasteiger partial charge in [-0.15, -0.1) is 0 Å². The van der Waals surface area contributed by atoms with Crippen LogP contribution in [0.4, 0.5) is 0 Å². The maximum Gasteiger partial charge on any atom is 0.142 e. The summed E-state index contributed by atoms with van der Waals surface area (Å²) in [5, 5.41) is 0. The summed E-state index contributed by atoms with van der Waals surface area (Å²) in [4.78, 5) is 12.6. The normalized spacial score (nSPS) is 18.9. The van der Waals surface area contributed by atoms with Crippen LogP contribution < -0.4 is 0 Å². The maximum absolute atomic E-state index is 12.6. The molecule has 122 valence electrons. The highest BCUT2D eigenvalue weighted by Gasteiger charge is 2.54. The van der Waals surface area contributed by atoms with Crippen LogP contribution in [0.2, 0.25) is 0 Å². The Morgan fingerprint density at radius 1 is 0.720 bits per heavy atom. The van der Waals surface area contributed by atoms with E-state index in [4.69, 9.17) is 0 Å². The first-order valence-electron chi connectivity index (χ1n) is 8.68. The van der Waals surface area contributed by atoms with Crippen LogP contribution in [-0.2, 0) is 10.2 Å². The van der Waals surface area contributed by atoms with Crippen molar-refractivity contribution in [3.63, 3.8) is 0 Å². The van der Waals surface area contributed by atoms with Gasteiger partial charge in [-0.2, -0.15) is 0 Å². The lowest BCUT2D eigenvalue weighted by molar-refractivity contribution is -0.131. The third-order valence-electron chi connectivity index (χ3n) is 5.19. The van der Waals surface area contributed by atoms with E-state index in [1.165, 1.54) is 11.1 Å². The van der Waals surface area contributed by atoms with Crippen LogP contribution in [0.15, 0.2) is 97.1 Å². The SMILES string of the molecule is O=C1CC(c2ccccc2)(c2ccccc2)C1/C=C\c1ccccc1. The van der Waals surface area contributed by atoms with Gasteiger partial charge in [-0.25, -0.2) is 0 Å². The molecule has 0 heterocycles. The van der Waals surface area contributed by atoms with Gasteiger partial charge in [0, 0.05) is 11.8 Å². The highest BCUT2D eigenvalue weighted by Crippen LogP contribution is 2.52. The summed E-state index contributed by atoms with van der Waals surface area (Å²) in [5.41, 5.74) is 3.29. The van der Waals surface area contributed by atoms with Gasteiger partial charge in [0.05, 0.1) is 5.92 Å². The van der Waals surface area contributed by atoms with Crippen molar-refractivity contribution in [2.75, 3.05) is 0 Å². The van der Waals surface area contributed by atoms with Crippen LogP contribution in [0.25, 0.3) is 6.08 Å². The minimum Gasteiger partial charge on any atom is -0.299 e. The molecular formula is C24H20O. The van der Waals surface area contributed by atoms with E-state index in [0.717, 1.165) is 5.56 Å². The smallest absolute Gasteiger partial charge is 0.142 e. The number of allylic oxidation sites excluding steroid dienone is 1. The Morgan fingerprint density at radius 2 is 1.20 bits per heavy atom. The van der Waals surface area contributed by atoms with Gasteiger partial charge in [0.2, 0.25) is 0 Å². The number of hydrogen-bond acceptors (Lipinski definition) is 1. The molecule has 1 nitrogen and oxygen atoms in total. The Hall–Kier alpha value is -2.93. The van der Waals surface area contributed by atoms with E-state index in [1.54, 1.807) is 0 Å². The lowest BCUT2D eigenvalue weighted by Gasteiger charge is -2.48. The van der Waals surface area contributed by atoms with E-state index in [0.29, 0.717) is 12.2 Å². The van der Waals surface area contributed by atoms with Crippen molar-refractivity contribution in [1.82, 2.24) is 0 Å². The molecule has 0 saturated heterocycles. The van der Waals surface area contributed by atoms with Crippen LogP contribution in [0.3, 0.4) is 0 Å². The van der Waals surface area contributed by atoms with Crippen molar-refractivity contribution >= 4 is 11.9 Å². The van der Waals surface area contributed by atoms with Gasteiger partial charge in [0.1, 0.15) is 5.78 Å². The summed E-state index contributed by atoms with van der Waals surface area (Å²) < 4.78 is 0. The molecule has 3 aromatic rings. The van der Waals surface area contributed by atoms with Gasteiger partial charge in [0.25, 0.3) is 0 Å². The van der Waals surface area contributed by atoms with E-state index in [9.17, 15) is 4.79 Å². The molecule has 0 spiro atoms. The first-order valence-corrected chi connectivity index (χ1v) is 8.68. The summed E-state index contributed by atoms with van der Waals surface area (Å²) in [5.74, 6) is 0.178. The van der Waals surface area contributed by atoms with Gasteiger partial charge < -0.3 is 0 Å². The lowest BCUT2D eigenvalue weighted by atomic mass is 9.52. The van der Waals surface area contributed by atoms with Crippen LogP contribution in [0.1, 0.15) is 23.1 Å². The fourth-order valence-electron chi connectivity index (χ4n) is 3.88. The quantitative estimate of drug-likeness (QED) is 0.638. The molecule has 25 heavy (non-hydrogen) atoms. The molecular weight excluding hydrogens is 304 g/mol. The standard InChI is InChI=1S/C24H20O/c25-23-18-24(20-12-6-2-7-13-20,21-14-8-3-9-15-21)22(23)17-16-19-10-4-1-5-11-19/h1-17,22H,18H2/b17-16-. The van der Waals surface area contributed by atoms with Gasteiger partial charge in [-0.3, -0.25) is 4.79 Å². The zero-order chi connectivity index (χ0) is 17.1. The Labute approximate surface area is 148 Å². The van der Waals surface area contributed by atoms with E-state index in [2.05, 4.69) is 72.8 Å². The predicted molar refractivity (Wildman–Crippen MR) is 102 cm³/mol. The Kier molecular flexibility index (Phi) is 4.07. The van der Waals surface area contributed by atoms with Crippen molar-refractivity contribution in [2.45, 2.75) is 11.8 Å². The number of rotatable bonds is 4. The number of hydrogen-bond donors (Lipinski definition) is 0. The number of benzene rings is 3. The van der Waals surface area contributed by atoms with Gasteiger partial charge in [0.15, 0.2) is 0 Å². The summed E-state index contributed by atoms with van der Waals surface area (Å²) in [6, 6.07) is 31.0. The van der Waals surface area contributed by atoms with E-state index < -0.39 is 0 Å². The molecule has 1 aliphatic carbocycles. The molecule has 0 bridgehead atoms. The summed E-state index contributed by atoms with van der Waals surface area (Å²) >= 11 is 0. The number of ketones is 1. The van der Waals surface area contributed by atoms with Crippen molar-refractivity contribution in [2.24, 2.45) is 5.92 Å². The van der Waals surface area contributed by atoms with Crippen molar-refractivity contribution < 1.29 is 4.79 Å². The topological polar surface area (TPSA) is 17.1 Å². The minimum absolute atomic E-state index is 0.127. The highest BCUT2D eigenvalue weighted by molar-refractivity contribution is 5.95. The Balaban J connectivity index is 1.79. The monoisotopic (exact) mass is 324 g/mol. The molecule has 3 aromatic carbocycles. The van der Waals surface area contributed by atoms with Gasteiger partial charge in [-0.1, -0.05) is 103 Å². The molecule has 1 unspecified atom stereocenters. The molecule has 0 aliphatic heterocycles. The fourth-order valence-corrected chi connectivity index (χ4v) is 3.88. The molecule has 1 saturated carbocycles. The molecule has 1 fully saturated rings. The second kappa shape index (κ2) is 6.52. The number of carbonyl (C=O) groups excluding carboxylic acids is 1. The van der Waals surface area contributed by atoms with Crippen LogP contribution in [0.5, 0.6) is 0 Å². The highest BCUT2D eigenvalue weighted by atomic mass is 16.1. The van der Waals surface area contributed by atoms with E-state index in [-0.39, 0.29) is 11.3 Å². The van der Waals surface area contributed by atoms with Crippen molar-refractivity contribution in [1.29, 1.82) is 0 Å². The molecule has 1 atom stereocenters. The van der Waals surface area contributed by atoms with Crippen molar-refractivity contribution in [3.05, 3.63) is 114 Å². The lowest BCUT2D eigenvalue weighted by Crippen LogP contribution is -2.52. The maximum atomic E-state index is 12.6. The van der Waals surface area contributed by atoms with Crippen LogP contribution >= 0.6 is 0 Å². The first kappa shape index (κ1) is 15.6.